The molecule has 0 bridgehead atoms. The highest BCUT2D eigenvalue weighted by atomic mass is 32.1. The molecule has 0 fully saturated rings. The zero-order chi connectivity index (χ0) is 27.3. The van der Waals surface area contributed by atoms with Gasteiger partial charge in [0.1, 0.15) is 0 Å². The second kappa shape index (κ2) is 8.15. The van der Waals surface area contributed by atoms with E-state index in [0.29, 0.717) is 0 Å². The summed E-state index contributed by atoms with van der Waals surface area (Å²) in [5.41, 5.74) is 11.4. The maximum atomic E-state index is 4.64. The van der Waals surface area contributed by atoms with E-state index in [-0.39, 0.29) is 5.41 Å². The fourth-order valence-corrected chi connectivity index (χ4v) is 8.23. The lowest BCUT2D eigenvalue weighted by atomic mass is 9.82. The van der Waals surface area contributed by atoms with Gasteiger partial charge >= 0.3 is 0 Å². The van der Waals surface area contributed by atoms with Crippen LogP contribution in [-0.2, 0) is 5.41 Å². The minimum Gasteiger partial charge on any atom is -0.309 e. The Balaban J connectivity index is 1.43. The summed E-state index contributed by atoms with van der Waals surface area (Å²) in [6.07, 6.45) is 1.87. The van der Waals surface area contributed by atoms with Gasteiger partial charge < -0.3 is 4.57 Å². The highest BCUT2D eigenvalue weighted by Crippen LogP contribution is 2.52. The van der Waals surface area contributed by atoms with Crippen LogP contribution in [0, 0.1) is 0 Å². The maximum absolute atomic E-state index is 4.64. The second-order valence-corrected chi connectivity index (χ2v) is 12.7. The van der Waals surface area contributed by atoms with Gasteiger partial charge in [-0.2, -0.15) is 0 Å². The van der Waals surface area contributed by atoms with Crippen LogP contribution in [0.5, 0.6) is 0 Å². The number of pyridine rings is 1. The van der Waals surface area contributed by atoms with E-state index in [2.05, 4.69) is 133 Å². The molecule has 0 unspecified atom stereocenters. The van der Waals surface area contributed by atoms with E-state index in [1.165, 1.54) is 69.9 Å². The van der Waals surface area contributed by atoms with Crippen molar-refractivity contribution in [1.82, 2.24) is 9.55 Å². The lowest BCUT2D eigenvalue weighted by molar-refractivity contribution is 0.661. The van der Waals surface area contributed by atoms with Gasteiger partial charge in [-0.05, 0) is 76.9 Å². The van der Waals surface area contributed by atoms with Gasteiger partial charge in [0.25, 0.3) is 0 Å². The highest BCUT2D eigenvalue weighted by Gasteiger charge is 2.36. The molecule has 0 spiro atoms. The average Bonchev–Trinajstić information content (AvgIpc) is 3.62. The Labute approximate surface area is 242 Å². The lowest BCUT2D eigenvalue weighted by Crippen LogP contribution is -2.14. The highest BCUT2D eigenvalue weighted by molar-refractivity contribution is 7.26. The SMILES string of the molecule is CC1(C)c2ccccc2-c2cc3c(cc21)sc1ccc2c4cc(-c5ccccn5)ccc4n(-c4ccccc4)c2c13. The third-order valence-electron chi connectivity index (χ3n) is 9.04. The number of rotatable bonds is 2. The summed E-state index contributed by atoms with van der Waals surface area (Å²) in [7, 11) is 0. The Hall–Kier alpha value is -4.73. The first kappa shape index (κ1) is 23.0. The standard InChI is InChI=1S/C38H26N2S/c1-38(2)30-13-7-6-12-25(30)27-21-29-35(22-31(27)38)41-34-18-16-26-28-20-23(32-14-8-9-19-39-32)15-17-33(28)40(37(26)36(29)34)24-10-4-3-5-11-24/h3-22H,1-2H3. The van der Waals surface area contributed by atoms with E-state index in [0.717, 1.165) is 11.3 Å². The first-order valence-electron chi connectivity index (χ1n) is 14.1. The van der Waals surface area contributed by atoms with Crippen LogP contribution < -0.4 is 0 Å². The molecule has 3 heterocycles. The van der Waals surface area contributed by atoms with Gasteiger partial charge in [0.15, 0.2) is 0 Å². The molecule has 9 rings (SSSR count). The zero-order valence-corrected chi connectivity index (χ0v) is 23.7. The van der Waals surface area contributed by atoms with Gasteiger partial charge in [0, 0.05) is 53.8 Å². The van der Waals surface area contributed by atoms with Gasteiger partial charge in [-0.25, -0.2) is 0 Å². The molecule has 1 aliphatic rings. The Bertz CT molecular complexity index is 2320. The van der Waals surface area contributed by atoms with Crippen molar-refractivity contribution < 1.29 is 0 Å². The van der Waals surface area contributed by atoms with Gasteiger partial charge in [0.05, 0.1) is 16.7 Å². The van der Waals surface area contributed by atoms with E-state index in [1.807, 2.05) is 23.6 Å². The first-order chi connectivity index (χ1) is 20.1. The number of hydrogen-bond donors (Lipinski definition) is 0. The third kappa shape index (κ3) is 3.10. The van der Waals surface area contributed by atoms with Crippen LogP contribution in [0.3, 0.4) is 0 Å². The van der Waals surface area contributed by atoms with Crippen LogP contribution in [0.15, 0.2) is 121 Å². The van der Waals surface area contributed by atoms with Crippen molar-refractivity contribution in [2.75, 3.05) is 0 Å². The molecule has 194 valence electrons. The van der Waals surface area contributed by atoms with Crippen molar-refractivity contribution in [2.45, 2.75) is 19.3 Å². The molecular weight excluding hydrogens is 516 g/mol. The van der Waals surface area contributed by atoms with E-state index >= 15 is 0 Å². The zero-order valence-electron chi connectivity index (χ0n) is 22.8. The average molecular weight is 543 g/mol. The summed E-state index contributed by atoms with van der Waals surface area (Å²) < 4.78 is 5.14. The summed E-state index contributed by atoms with van der Waals surface area (Å²) in [6, 6.07) is 42.2. The van der Waals surface area contributed by atoms with Crippen LogP contribution in [0.4, 0.5) is 0 Å². The number of fused-ring (bicyclic) bond motifs is 10. The molecular formula is C38H26N2S. The topological polar surface area (TPSA) is 17.8 Å². The predicted octanol–water partition coefficient (Wildman–Crippen LogP) is 10.5. The minimum absolute atomic E-state index is 0.00752. The number of hydrogen-bond acceptors (Lipinski definition) is 2. The van der Waals surface area contributed by atoms with Crippen molar-refractivity contribution in [2.24, 2.45) is 0 Å². The van der Waals surface area contributed by atoms with Crippen LogP contribution in [0.2, 0.25) is 0 Å². The molecule has 0 atom stereocenters. The summed E-state index contributed by atoms with van der Waals surface area (Å²) >= 11 is 1.91. The maximum Gasteiger partial charge on any atom is 0.0702 e. The molecule has 41 heavy (non-hydrogen) atoms. The molecule has 2 nitrogen and oxygen atoms in total. The molecule has 0 saturated heterocycles. The third-order valence-corrected chi connectivity index (χ3v) is 10.2. The summed E-state index contributed by atoms with van der Waals surface area (Å²) in [4.78, 5) is 4.64. The summed E-state index contributed by atoms with van der Waals surface area (Å²) in [6.45, 7) is 4.73. The molecule has 3 aromatic heterocycles. The van der Waals surface area contributed by atoms with E-state index in [9.17, 15) is 0 Å². The molecule has 1 aliphatic carbocycles. The van der Waals surface area contributed by atoms with Crippen LogP contribution in [0.1, 0.15) is 25.0 Å². The predicted molar refractivity (Wildman–Crippen MR) is 174 cm³/mol. The minimum atomic E-state index is -0.00752. The Kier molecular flexibility index (Phi) is 4.58. The largest absolute Gasteiger partial charge is 0.309 e. The van der Waals surface area contributed by atoms with Crippen LogP contribution >= 0.6 is 11.3 Å². The molecule has 3 heteroatoms. The quantitative estimate of drug-likeness (QED) is 0.212. The fraction of sp³-hybridized carbons (Fsp3) is 0.0789. The monoisotopic (exact) mass is 542 g/mol. The van der Waals surface area contributed by atoms with E-state index < -0.39 is 0 Å². The van der Waals surface area contributed by atoms with Crippen LogP contribution in [0.25, 0.3) is 70.0 Å². The van der Waals surface area contributed by atoms with Gasteiger partial charge in [-0.15, -0.1) is 11.3 Å². The Morgan fingerprint density at radius 1 is 0.634 bits per heavy atom. The molecule has 5 aromatic carbocycles. The molecule has 0 radical (unpaired) electrons. The lowest BCUT2D eigenvalue weighted by Gasteiger charge is -2.21. The number of benzene rings is 5. The number of thiophene rings is 1. The Morgan fingerprint density at radius 3 is 2.32 bits per heavy atom. The van der Waals surface area contributed by atoms with Gasteiger partial charge in [-0.3, -0.25) is 4.98 Å². The molecule has 8 aromatic rings. The molecule has 0 saturated carbocycles. The van der Waals surface area contributed by atoms with Crippen molar-refractivity contribution >= 4 is 53.3 Å². The molecule has 0 aliphatic heterocycles. The van der Waals surface area contributed by atoms with E-state index in [1.54, 1.807) is 0 Å². The number of nitrogens with zero attached hydrogens (tertiary/aromatic N) is 2. The van der Waals surface area contributed by atoms with Crippen molar-refractivity contribution in [3.05, 3.63) is 133 Å². The molecule has 0 N–H and O–H groups in total. The molecule has 0 amide bonds. The van der Waals surface area contributed by atoms with Crippen molar-refractivity contribution in [1.29, 1.82) is 0 Å². The van der Waals surface area contributed by atoms with Gasteiger partial charge in [0.2, 0.25) is 0 Å². The van der Waals surface area contributed by atoms with Crippen molar-refractivity contribution in [3.8, 4) is 28.1 Å². The summed E-state index contributed by atoms with van der Waals surface area (Å²) in [5, 5.41) is 5.20. The van der Waals surface area contributed by atoms with Crippen molar-refractivity contribution in [3.63, 3.8) is 0 Å². The normalized spacial score (nSPS) is 13.8. The summed E-state index contributed by atoms with van der Waals surface area (Å²) in [5.74, 6) is 0. The fourth-order valence-electron chi connectivity index (χ4n) is 7.10. The number of aromatic nitrogens is 2. The second-order valence-electron chi connectivity index (χ2n) is 11.6. The Morgan fingerprint density at radius 2 is 1.46 bits per heavy atom. The number of para-hydroxylation sites is 1. The smallest absolute Gasteiger partial charge is 0.0702 e. The van der Waals surface area contributed by atoms with Crippen LogP contribution in [-0.4, -0.2) is 9.55 Å². The van der Waals surface area contributed by atoms with Gasteiger partial charge in [-0.1, -0.05) is 74.5 Å². The first-order valence-corrected chi connectivity index (χ1v) is 15.0. The van der Waals surface area contributed by atoms with E-state index in [4.69, 9.17) is 0 Å².